The van der Waals surface area contributed by atoms with Gasteiger partial charge in [0.05, 0.1) is 23.7 Å². The van der Waals surface area contributed by atoms with Crippen LogP contribution in [0, 0.1) is 12.7 Å². The van der Waals surface area contributed by atoms with Gasteiger partial charge in [0.25, 0.3) is 5.91 Å². The molecule has 1 amide bonds. The van der Waals surface area contributed by atoms with Gasteiger partial charge in [-0.2, -0.15) is 17.5 Å². The number of hydrogen-bond donors (Lipinski definition) is 2. The number of amides is 1. The normalized spacial score (nSPS) is 17.0. The summed E-state index contributed by atoms with van der Waals surface area (Å²) in [7, 11) is 0. The van der Waals surface area contributed by atoms with E-state index in [-0.39, 0.29) is 40.5 Å². The van der Waals surface area contributed by atoms with Crippen LogP contribution in [-0.4, -0.2) is 57.1 Å². The van der Waals surface area contributed by atoms with E-state index >= 15 is 0 Å². The first-order valence-corrected chi connectivity index (χ1v) is 12.0. The molecule has 0 spiro atoms. The Bertz CT molecular complexity index is 1250. The molecule has 37 heavy (non-hydrogen) atoms. The molecule has 1 aliphatic heterocycles. The summed E-state index contributed by atoms with van der Waals surface area (Å²) in [5, 5.41) is 5.67. The van der Waals surface area contributed by atoms with Crippen molar-refractivity contribution in [3.05, 3.63) is 53.4 Å². The highest BCUT2D eigenvalue weighted by molar-refractivity contribution is 7.10. The van der Waals surface area contributed by atoms with Gasteiger partial charge in [-0.15, -0.1) is 0 Å². The molecule has 198 valence electrons. The zero-order chi connectivity index (χ0) is 26.7. The smallest absolute Gasteiger partial charge is 0.434 e. The molecule has 2 N–H and O–H groups in total. The fourth-order valence-corrected chi connectivity index (χ4v) is 4.64. The van der Waals surface area contributed by atoms with Crippen LogP contribution in [-0.2, 0) is 6.18 Å². The molecule has 0 saturated carbocycles. The Labute approximate surface area is 213 Å². The number of rotatable bonds is 8. The molecule has 2 aromatic heterocycles. The van der Waals surface area contributed by atoms with Crippen molar-refractivity contribution in [1.82, 2.24) is 19.2 Å². The number of halogens is 5. The van der Waals surface area contributed by atoms with Crippen molar-refractivity contribution in [2.45, 2.75) is 38.7 Å². The zero-order valence-electron chi connectivity index (χ0n) is 19.8. The van der Waals surface area contributed by atoms with Crippen molar-refractivity contribution in [2.24, 2.45) is 0 Å². The number of aromatic nitrogens is 3. The minimum Gasteiger partial charge on any atom is -0.486 e. The summed E-state index contributed by atoms with van der Waals surface area (Å²) in [4.78, 5) is 22.0. The first-order valence-electron chi connectivity index (χ1n) is 11.3. The SMILES string of the molecule is Cc1nsc(Nc2cnc(C(F)(F)F)cn2)c1C(=O)Nc1ccc(F)c(O[C@H]2CCN(CC(C)F)C2)c1. The number of nitrogens with zero attached hydrogens (tertiary/aromatic N) is 4. The topological polar surface area (TPSA) is 92.3 Å². The number of ether oxygens (including phenoxy) is 1. The Kier molecular flexibility index (Phi) is 7.87. The number of aryl methyl sites for hydroxylation is 1. The number of alkyl halides is 4. The number of carbonyl (C=O) groups excluding carboxylic acids is 1. The average molecular weight is 543 g/mol. The monoisotopic (exact) mass is 542 g/mol. The molecule has 1 aliphatic rings. The Morgan fingerprint density at radius 2 is 2.08 bits per heavy atom. The summed E-state index contributed by atoms with van der Waals surface area (Å²) < 4.78 is 75.8. The molecule has 14 heteroatoms. The molecule has 0 aliphatic carbocycles. The van der Waals surface area contributed by atoms with E-state index in [1.165, 1.54) is 19.1 Å². The summed E-state index contributed by atoms with van der Waals surface area (Å²) in [6, 6.07) is 3.89. The third-order valence-corrected chi connectivity index (χ3v) is 6.35. The lowest BCUT2D eigenvalue weighted by Gasteiger charge is -2.18. The molecule has 8 nitrogen and oxygen atoms in total. The van der Waals surface area contributed by atoms with Gasteiger partial charge in [0.2, 0.25) is 0 Å². The van der Waals surface area contributed by atoms with Crippen LogP contribution in [0.15, 0.2) is 30.6 Å². The maximum absolute atomic E-state index is 14.4. The highest BCUT2D eigenvalue weighted by Crippen LogP contribution is 2.31. The molecular formula is C23H23F5N6O2S. The number of likely N-dealkylation sites (tertiary alicyclic amines) is 1. The van der Waals surface area contributed by atoms with Crippen molar-refractivity contribution in [1.29, 1.82) is 0 Å². The number of carbonyl (C=O) groups is 1. The van der Waals surface area contributed by atoms with Crippen LogP contribution >= 0.6 is 11.5 Å². The van der Waals surface area contributed by atoms with Crippen molar-refractivity contribution in [3.8, 4) is 5.75 Å². The van der Waals surface area contributed by atoms with Crippen LogP contribution in [0.5, 0.6) is 5.75 Å². The molecule has 1 fully saturated rings. The lowest BCUT2D eigenvalue weighted by Crippen LogP contribution is -2.29. The van der Waals surface area contributed by atoms with E-state index in [9.17, 15) is 26.7 Å². The van der Waals surface area contributed by atoms with E-state index in [4.69, 9.17) is 4.74 Å². The molecular weight excluding hydrogens is 519 g/mol. The Morgan fingerprint density at radius 3 is 2.76 bits per heavy atom. The number of anilines is 3. The Morgan fingerprint density at radius 1 is 1.30 bits per heavy atom. The van der Waals surface area contributed by atoms with Gasteiger partial charge in [-0.25, -0.2) is 18.7 Å². The summed E-state index contributed by atoms with van der Waals surface area (Å²) in [5.41, 5.74) is -0.366. The van der Waals surface area contributed by atoms with Crippen molar-refractivity contribution >= 4 is 33.9 Å². The second kappa shape index (κ2) is 10.9. The first-order chi connectivity index (χ1) is 17.5. The van der Waals surface area contributed by atoms with E-state index < -0.39 is 29.8 Å². The van der Waals surface area contributed by atoms with Gasteiger partial charge in [-0.05, 0) is 43.9 Å². The van der Waals surface area contributed by atoms with Gasteiger partial charge in [0.15, 0.2) is 17.3 Å². The molecule has 0 radical (unpaired) electrons. The molecule has 2 atom stereocenters. The number of benzene rings is 1. The summed E-state index contributed by atoms with van der Waals surface area (Å²) >= 11 is 0.923. The fraction of sp³-hybridized carbons (Fsp3) is 0.391. The van der Waals surface area contributed by atoms with Gasteiger partial charge in [0, 0.05) is 31.4 Å². The zero-order valence-corrected chi connectivity index (χ0v) is 20.6. The van der Waals surface area contributed by atoms with Crippen LogP contribution in [0.25, 0.3) is 0 Å². The Balaban J connectivity index is 1.44. The van der Waals surface area contributed by atoms with Crippen LogP contribution < -0.4 is 15.4 Å². The van der Waals surface area contributed by atoms with Crippen molar-refractivity contribution in [2.75, 3.05) is 30.3 Å². The predicted molar refractivity (Wildman–Crippen MR) is 128 cm³/mol. The maximum atomic E-state index is 14.4. The molecule has 1 aromatic carbocycles. The highest BCUT2D eigenvalue weighted by atomic mass is 32.1. The van der Waals surface area contributed by atoms with E-state index in [2.05, 4.69) is 25.0 Å². The fourth-order valence-electron chi connectivity index (χ4n) is 3.84. The van der Waals surface area contributed by atoms with Crippen LogP contribution in [0.1, 0.15) is 35.1 Å². The molecule has 4 rings (SSSR count). The van der Waals surface area contributed by atoms with Crippen LogP contribution in [0.2, 0.25) is 0 Å². The van der Waals surface area contributed by atoms with E-state index in [0.29, 0.717) is 31.4 Å². The largest absolute Gasteiger partial charge is 0.486 e. The lowest BCUT2D eigenvalue weighted by atomic mass is 10.2. The molecule has 3 aromatic rings. The second-order valence-corrected chi connectivity index (χ2v) is 9.32. The molecule has 1 saturated heterocycles. The minimum absolute atomic E-state index is 0.00377. The summed E-state index contributed by atoms with van der Waals surface area (Å²) in [6.07, 6.45) is -3.82. The van der Waals surface area contributed by atoms with Crippen molar-refractivity contribution < 1.29 is 31.5 Å². The van der Waals surface area contributed by atoms with Gasteiger partial charge < -0.3 is 15.4 Å². The van der Waals surface area contributed by atoms with Gasteiger partial charge >= 0.3 is 6.18 Å². The molecule has 0 bridgehead atoms. The highest BCUT2D eigenvalue weighted by Gasteiger charge is 2.33. The molecule has 3 heterocycles. The summed E-state index contributed by atoms with van der Waals surface area (Å²) in [5.74, 6) is -1.23. The number of nitrogens with one attached hydrogen (secondary N) is 2. The summed E-state index contributed by atoms with van der Waals surface area (Å²) in [6.45, 7) is 4.45. The van der Waals surface area contributed by atoms with E-state index in [1.54, 1.807) is 6.92 Å². The van der Waals surface area contributed by atoms with Gasteiger partial charge in [-0.3, -0.25) is 9.69 Å². The van der Waals surface area contributed by atoms with Gasteiger partial charge in [-0.1, -0.05) is 0 Å². The third kappa shape index (κ3) is 6.68. The standard InChI is InChI=1S/C23H23F5N6O2S/c1-12(24)10-34-6-5-15(11-34)36-17-7-14(3-4-16(17)25)31-21(35)20-13(2)33-37-22(20)32-19-9-29-18(8-30-19)23(26,27)28/h3-4,7-9,12,15H,5-6,10-11H2,1-2H3,(H,30,32)(H,31,35)/t12?,15-/m0/s1. The van der Waals surface area contributed by atoms with Crippen molar-refractivity contribution in [3.63, 3.8) is 0 Å². The van der Waals surface area contributed by atoms with E-state index in [0.717, 1.165) is 23.8 Å². The van der Waals surface area contributed by atoms with Crippen LogP contribution in [0.3, 0.4) is 0 Å². The molecule has 1 unspecified atom stereocenters. The maximum Gasteiger partial charge on any atom is 0.434 e. The second-order valence-electron chi connectivity index (χ2n) is 8.55. The third-order valence-electron chi connectivity index (χ3n) is 5.50. The predicted octanol–water partition coefficient (Wildman–Crippen LogP) is 5.21. The average Bonchev–Trinajstić information content (AvgIpc) is 3.41. The first kappa shape index (κ1) is 26.7. The van der Waals surface area contributed by atoms with Gasteiger partial charge in [0.1, 0.15) is 23.1 Å². The quantitative estimate of drug-likeness (QED) is 0.378. The number of hydrogen-bond acceptors (Lipinski definition) is 8. The van der Waals surface area contributed by atoms with E-state index in [1.807, 2.05) is 4.90 Å². The van der Waals surface area contributed by atoms with Crippen LogP contribution in [0.4, 0.5) is 38.5 Å². The Hall–Kier alpha value is -3.39. The minimum atomic E-state index is -4.63. The lowest BCUT2D eigenvalue weighted by molar-refractivity contribution is -0.141.